The zero-order valence-electron chi connectivity index (χ0n) is 10.3. The average Bonchev–Trinajstić information content (AvgIpc) is 2.66. The number of hydrogen-bond donors (Lipinski definition) is 3. The number of carbonyl (C=O) groups is 1. The summed E-state index contributed by atoms with van der Waals surface area (Å²) in [5, 5.41) is 25.1. The maximum absolute atomic E-state index is 10.9. The van der Waals surface area contributed by atoms with Gasteiger partial charge in [-0.1, -0.05) is 6.92 Å². The lowest BCUT2D eigenvalue weighted by Crippen LogP contribution is -2.34. The van der Waals surface area contributed by atoms with Crippen molar-refractivity contribution in [2.45, 2.75) is 26.4 Å². The van der Waals surface area contributed by atoms with E-state index in [-0.39, 0.29) is 24.1 Å². The zero-order valence-corrected chi connectivity index (χ0v) is 10.3. The van der Waals surface area contributed by atoms with Gasteiger partial charge in [-0.05, 0) is 12.8 Å². The fourth-order valence-corrected chi connectivity index (χ4v) is 1.47. The number of aromatic nitrogens is 2. The van der Waals surface area contributed by atoms with Gasteiger partial charge in [-0.3, -0.25) is 4.68 Å². The lowest BCUT2D eigenvalue weighted by molar-refractivity contribution is 0.0695. The first-order valence-electron chi connectivity index (χ1n) is 5.55. The Labute approximate surface area is 100 Å². The minimum atomic E-state index is -0.974. The summed E-state index contributed by atoms with van der Waals surface area (Å²) >= 11 is 0. The second-order valence-corrected chi connectivity index (χ2v) is 4.26. The average molecular weight is 241 g/mol. The van der Waals surface area contributed by atoms with E-state index in [1.807, 2.05) is 13.8 Å². The number of rotatable bonds is 6. The van der Waals surface area contributed by atoms with Gasteiger partial charge in [-0.25, -0.2) is 4.79 Å². The van der Waals surface area contributed by atoms with E-state index in [9.17, 15) is 4.79 Å². The first kappa shape index (κ1) is 13.7. The molecule has 0 aromatic carbocycles. The van der Waals surface area contributed by atoms with Crippen molar-refractivity contribution in [2.24, 2.45) is 13.0 Å². The molecule has 1 rings (SSSR count). The Morgan fingerprint density at radius 1 is 1.59 bits per heavy atom. The Bertz CT molecular complexity index is 389. The van der Waals surface area contributed by atoms with Gasteiger partial charge in [-0.2, -0.15) is 5.10 Å². The Hall–Kier alpha value is -1.40. The van der Waals surface area contributed by atoms with Crippen LogP contribution in [0.2, 0.25) is 0 Å². The summed E-state index contributed by atoms with van der Waals surface area (Å²) in [7, 11) is 1.71. The summed E-state index contributed by atoms with van der Waals surface area (Å²) < 4.78 is 1.55. The third-order valence-corrected chi connectivity index (χ3v) is 3.02. The molecule has 1 aromatic rings. The molecule has 96 valence electrons. The molecular formula is C11H19N3O3. The van der Waals surface area contributed by atoms with Gasteiger partial charge < -0.3 is 15.5 Å². The molecule has 0 aliphatic rings. The van der Waals surface area contributed by atoms with Crippen molar-refractivity contribution in [3.63, 3.8) is 0 Å². The minimum Gasteiger partial charge on any atom is -0.478 e. The van der Waals surface area contributed by atoms with Crippen LogP contribution in [-0.4, -0.2) is 38.6 Å². The van der Waals surface area contributed by atoms with E-state index in [0.29, 0.717) is 12.2 Å². The molecule has 0 saturated heterocycles. The maximum atomic E-state index is 10.9. The van der Waals surface area contributed by atoms with E-state index in [1.54, 1.807) is 11.7 Å². The number of aromatic carboxylic acids is 1. The predicted molar refractivity (Wildman–Crippen MR) is 62.7 cm³/mol. The number of hydrogen-bond acceptors (Lipinski definition) is 4. The highest BCUT2D eigenvalue weighted by atomic mass is 16.4. The number of nitrogens with zero attached hydrogens (tertiary/aromatic N) is 2. The molecule has 3 N–H and O–H groups in total. The summed E-state index contributed by atoms with van der Waals surface area (Å²) in [5.74, 6) is -0.853. The standard InChI is InChI=1S/C11H19N3O3/c1-7(6-15)8(2)12-5-10-9(11(16)17)4-13-14(10)3/h4,7-8,12,15H,5-6H2,1-3H3,(H,16,17). The van der Waals surface area contributed by atoms with Gasteiger partial charge in [0.2, 0.25) is 0 Å². The highest BCUT2D eigenvalue weighted by Gasteiger charge is 2.17. The van der Waals surface area contributed by atoms with Crippen molar-refractivity contribution in [3.8, 4) is 0 Å². The topological polar surface area (TPSA) is 87.4 Å². The van der Waals surface area contributed by atoms with Gasteiger partial charge in [0.05, 0.1) is 11.9 Å². The van der Waals surface area contributed by atoms with Crippen LogP contribution in [0.1, 0.15) is 29.9 Å². The van der Waals surface area contributed by atoms with E-state index in [1.165, 1.54) is 6.20 Å². The van der Waals surface area contributed by atoms with E-state index in [4.69, 9.17) is 10.2 Å². The molecule has 0 bridgehead atoms. The quantitative estimate of drug-likeness (QED) is 0.663. The van der Waals surface area contributed by atoms with Crippen LogP contribution in [0.5, 0.6) is 0 Å². The van der Waals surface area contributed by atoms with E-state index < -0.39 is 5.97 Å². The Morgan fingerprint density at radius 3 is 2.76 bits per heavy atom. The van der Waals surface area contributed by atoms with Gasteiger partial charge in [0, 0.05) is 26.2 Å². The summed E-state index contributed by atoms with van der Waals surface area (Å²) in [6.45, 7) is 4.41. The summed E-state index contributed by atoms with van der Waals surface area (Å²) in [4.78, 5) is 10.9. The minimum absolute atomic E-state index is 0.103. The van der Waals surface area contributed by atoms with Crippen LogP contribution in [0.3, 0.4) is 0 Å². The molecule has 0 radical (unpaired) electrons. The first-order chi connectivity index (χ1) is 7.97. The van der Waals surface area contributed by atoms with Crippen molar-refractivity contribution < 1.29 is 15.0 Å². The van der Waals surface area contributed by atoms with Gasteiger partial charge in [0.1, 0.15) is 5.56 Å². The molecule has 0 fully saturated rings. The molecule has 0 spiro atoms. The van der Waals surface area contributed by atoms with E-state index in [0.717, 1.165) is 0 Å². The fourth-order valence-electron chi connectivity index (χ4n) is 1.47. The molecule has 6 nitrogen and oxygen atoms in total. The lowest BCUT2D eigenvalue weighted by atomic mass is 10.1. The van der Waals surface area contributed by atoms with Crippen LogP contribution in [-0.2, 0) is 13.6 Å². The van der Waals surface area contributed by atoms with Crippen molar-refractivity contribution in [3.05, 3.63) is 17.5 Å². The molecule has 2 atom stereocenters. The number of carboxylic acids is 1. The van der Waals surface area contributed by atoms with Gasteiger partial charge in [-0.15, -0.1) is 0 Å². The molecule has 0 aliphatic carbocycles. The second-order valence-electron chi connectivity index (χ2n) is 4.26. The van der Waals surface area contributed by atoms with Gasteiger partial charge in [0.15, 0.2) is 0 Å². The normalized spacial score (nSPS) is 14.6. The van der Waals surface area contributed by atoms with Gasteiger partial charge >= 0.3 is 5.97 Å². The molecule has 1 aromatic heterocycles. The highest BCUT2D eigenvalue weighted by molar-refractivity contribution is 5.88. The maximum Gasteiger partial charge on any atom is 0.339 e. The Balaban J connectivity index is 2.69. The fraction of sp³-hybridized carbons (Fsp3) is 0.636. The Morgan fingerprint density at radius 2 is 2.24 bits per heavy atom. The number of aliphatic hydroxyl groups excluding tert-OH is 1. The molecule has 6 heteroatoms. The highest BCUT2D eigenvalue weighted by Crippen LogP contribution is 2.09. The number of carboxylic acid groups (broad SMARTS) is 1. The lowest BCUT2D eigenvalue weighted by Gasteiger charge is -2.19. The van der Waals surface area contributed by atoms with Gasteiger partial charge in [0.25, 0.3) is 0 Å². The van der Waals surface area contributed by atoms with Crippen LogP contribution in [0.15, 0.2) is 6.20 Å². The summed E-state index contributed by atoms with van der Waals surface area (Å²) in [6.07, 6.45) is 1.35. The molecular weight excluding hydrogens is 222 g/mol. The molecule has 0 saturated carbocycles. The van der Waals surface area contributed by atoms with Crippen molar-refractivity contribution in [2.75, 3.05) is 6.61 Å². The van der Waals surface area contributed by atoms with Crippen LogP contribution < -0.4 is 5.32 Å². The van der Waals surface area contributed by atoms with Crippen molar-refractivity contribution in [1.29, 1.82) is 0 Å². The van der Waals surface area contributed by atoms with E-state index >= 15 is 0 Å². The first-order valence-corrected chi connectivity index (χ1v) is 5.55. The molecule has 0 amide bonds. The third kappa shape index (κ3) is 3.28. The van der Waals surface area contributed by atoms with Crippen LogP contribution >= 0.6 is 0 Å². The third-order valence-electron chi connectivity index (χ3n) is 3.02. The van der Waals surface area contributed by atoms with Crippen LogP contribution in [0, 0.1) is 5.92 Å². The summed E-state index contributed by atoms with van der Waals surface area (Å²) in [6, 6.07) is 0.108. The van der Waals surface area contributed by atoms with Crippen LogP contribution in [0.4, 0.5) is 0 Å². The second kappa shape index (κ2) is 5.79. The Kier molecular flexibility index (Phi) is 4.65. The number of nitrogens with one attached hydrogen (secondary N) is 1. The number of aryl methyl sites for hydroxylation is 1. The SMILES string of the molecule is CC(CO)C(C)NCc1c(C(=O)O)cnn1C. The molecule has 0 aliphatic heterocycles. The predicted octanol–water partition coefficient (Wildman–Crippen LogP) is 0.225. The molecule has 17 heavy (non-hydrogen) atoms. The monoisotopic (exact) mass is 241 g/mol. The summed E-state index contributed by atoms with van der Waals surface area (Å²) in [5.41, 5.74) is 0.846. The molecule has 2 unspecified atom stereocenters. The number of aliphatic hydroxyl groups is 1. The zero-order chi connectivity index (χ0) is 13.0. The van der Waals surface area contributed by atoms with Crippen molar-refractivity contribution in [1.82, 2.24) is 15.1 Å². The molecule has 1 heterocycles. The smallest absolute Gasteiger partial charge is 0.339 e. The largest absolute Gasteiger partial charge is 0.478 e. The van der Waals surface area contributed by atoms with Crippen molar-refractivity contribution >= 4 is 5.97 Å². The van der Waals surface area contributed by atoms with E-state index in [2.05, 4.69) is 10.4 Å². The van der Waals surface area contributed by atoms with Crippen LogP contribution in [0.25, 0.3) is 0 Å².